The maximum absolute atomic E-state index is 11.5. The number of nitrogens with one attached hydrogen (secondary N) is 1. The quantitative estimate of drug-likeness (QED) is 0.821. The van der Waals surface area contributed by atoms with E-state index < -0.39 is 0 Å². The summed E-state index contributed by atoms with van der Waals surface area (Å²) in [5, 5.41) is 12.8. The largest absolute Gasteiger partial charge is 0.439 e. The molecule has 6 heteroatoms. The van der Waals surface area contributed by atoms with Gasteiger partial charge in [-0.1, -0.05) is 29.8 Å². The summed E-state index contributed by atoms with van der Waals surface area (Å²) in [4.78, 5) is 11.5. The molecule has 1 aliphatic rings. The van der Waals surface area contributed by atoms with Crippen LogP contribution < -0.4 is 15.8 Å². The van der Waals surface area contributed by atoms with Crippen LogP contribution in [0.25, 0.3) is 0 Å². The van der Waals surface area contributed by atoms with Gasteiger partial charge in [-0.05, 0) is 23.8 Å². The first-order valence-corrected chi connectivity index (χ1v) is 7.62. The predicted molar refractivity (Wildman–Crippen MR) is 91.2 cm³/mol. The Morgan fingerprint density at radius 2 is 2.00 bits per heavy atom. The number of nitrogen functional groups attached to an aromatic ring is 1. The minimum atomic E-state index is -0.376. The standard InChI is InChI=1S/C18H14ClN3O2/c1-10(23)22-18-15(9-20)17(11-2-4-12(19)5-3-11)14-7-6-13(21)8-16(14)24-18/h2-8,17H,21H2,1H3,(H,22,23). The van der Waals surface area contributed by atoms with Gasteiger partial charge in [0.1, 0.15) is 17.4 Å². The number of amides is 1. The van der Waals surface area contributed by atoms with Gasteiger partial charge in [0, 0.05) is 29.3 Å². The topological polar surface area (TPSA) is 88.1 Å². The Kier molecular flexibility index (Phi) is 4.15. The lowest BCUT2D eigenvalue weighted by Gasteiger charge is -2.28. The summed E-state index contributed by atoms with van der Waals surface area (Å²) in [6.45, 7) is 1.36. The fourth-order valence-electron chi connectivity index (χ4n) is 2.70. The molecule has 1 amide bonds. The summed E-state index contributed by atoms with van der Waals surface area (Å²) >= 11 is 5.96. The highest BCUT2D eigenvalue weighted by atomic mass is 35.5. The second-order valence-electron chi connectivity index (χ2n) is 5.42. The number of hydrogen-bond donors (Lipinski definition) is 2. The van der Waals surface area contributed by atoms with E-state index in [0.29, 0.717) is 22.0 Å². The first kappa shape index (κ1) is 15.9. The molecule has 0 aliphatic carbocycles. The van der Waals surface area contributed by atoms with Crippen molar-refractivity contribution < 1.29 is 9.53 Å². The van der Waals surface area contributed by atoms with E-state index in [2.05, 4.69) is 11.4 Å². The molecule has 0 radical (unpaired) electrons. The first-order valence-electron chi connectivity index (χ1n) is 7.24. The zero-order chi connectivity index (χ0) is 17.3. The number of nitrogens with zero attached hydrogens (tertiary/aromatic N) is 1. The van der Waals surface area contributed by atoms with Gasteiger partial charge in [0.05, 0.1) is 5.92 Å². The summed E-state index contributed by atoms with van der Waals surface area (Å²) in [5.74, 6) is -0.0563. The molecule has 3 N–H and O–H groups in total. The molecule has 2 aromatic rings. The molecule has 5 nitrogen and oxygen atoms in total. The predicted octanol–water partition coefficient (Wildman–Crippen LogP) is 3.32. The van der Waals surface area contributed by atoms with Crippen molar-refractivity contribution in [2.24, 2.45) is 0 Å². The van der Waals surface area contributed by atoms with Crippen LogP contribution in [-0.4, -0.2) is 5.91 Å². The smallest absolute Gasteiger partial charge is 0.223 e. The van der Waals surface area contributed by atoms with E-state index in [1.54, 1.807) is 24.3 Å². The number of ether oxygens (including phenoxy) is 1. The Hall–Kier alpha value is -2.97. The third-order valence-electron chi connectivity index (χ3n) is 3.71. The lowest BCUT2D eigenvalue weighted by molar-refractivity contribution is -0.118. The SMILES string of the molecule is CC(=O)NC1=C(C#N)C(c2ccc(Cl)cc2)c2ccc(N)cc2O1. The average molecular weight is 340 g/mol. The molecule has 0 saturated carbocycles. The second-order valence-corrected chi connectivity index (χ2v) is 5.86. The molecule has 3 rings (SSSR count). The van der Waals surface area contributed by atoms with E-state index in [1.807, 2.05) is 18.2 Å². The van der Waals surface area contributed by atoms with Crippen molar-refractivity contribution in [3.05, 3.63) is 70.1 Å². The lowest BCUT2D eigenvalue weighted by Crippen LogP contribution is -2.29. The fourth-order valence-corrected chi connectivity index (χ4v) is 2.82. The van der Waals surface area contributed by atoms with E-state index in [1.165, 1.54) is 6.92 Å². The van der Waals surface area contributed by atoms with Gasteiger partial charge in [-0.25, -0.2) is 0 Å². The highest BCUT2D eigenvalue weighted by Crippen LogP contribution is 2.43. The van der Waals surface area contributed by atoms with E-state index in [0.717, 1.165) is 11.1 Å². The first-order chi connectivity index (χ1) is 11.5. The maximum atomic E-state index is 11.5. The molecule has 2 aromatic carbocycles. The number of fused-ring (bicyclic) bond motifs is 1. The van der Waals surface area contributed by atoms with Crippen molar-refractivity contribution in [1.82, 2.24) is 5.32 Å². The summed E-state index contributed by atoms with van der Waals surface area (Å²) in [6.07, 6.45) is 0. The van der Waals surface area contributed by atoms with Crippen LogP contribution in [0.2, 0.25) is 5.02 Å². The van der Waals surface area contributed by atoms with Gasteiger partial charge in [-0.3, -0.25) is 10.1 Å². The summed E-state index contributed by atoms with van der Waals surface area (Å²) in [6, 6.07) is 14.6. The fraction of sp³-hybridized carbons (Fsp3) is 0.111. The van der Waals surface area contributed by atoms with Crippen LogP contribution in [-0.2, 0) is 4.79 Å². The number of carbonyl (C=O) groups excluding carboxylic acids is 1. The molecule has 0 aromatic heterocycles. The Morgan fingerprint density at radius 1 is 1.29 bits per heavy atom. The van der Waals surface area contributed by atoms with E-state index in [4.69, 9.17) is 22.1 Å². The number of hydrogen-bond acceptors (Lipinski definition) is 4. The highest BCUT2D eigenvalue weighted by Gasteiger charge is 2.32. The molecule has 1 heterocycles. The molecular formula is C18H14ClN3O2. The molecular weight excluding hydrogens is 326 g/mol. The zero-order valence-corrected chi connectivity index (χ0v) is 13.6. The van der Waals surface area contributed by atoms with Crippen molar-refractivity contribution in [3.8, 4) is 11.8 Å². The number of nitrogens with two attached hydrogens (primary N) is 1. The van der Waals surface area contributed by atoms with Crippen LogP contribution in [0.5, 0.6) is 5.75 Å². The number of nitriles is 1. The molecule has 24 heavy (non-hydrogen) atoms. The van der Waals surface area contributed by atoms with Gasteiger partial charge in [-0.15, -0.1) is 0 Å². The molecule has 120 valence electrons. The number of halogens is 1. The number of carbonyl (C=O) groups is 1. The molecule has 0 spiro atoms. The molecule has 1 aliphatic heterocycles. The number of benzene rings is 2. The van der Waals surface area contributed by atoms with Gasteiger partial charge < -0.3 is 10.5 Å². The molecule has 0 saturated heterocycles. The van der Waals surface area contributed by atoms with Gasteiger partial charge in [0.25, 0.3) is 0 Å². The third-order valence-corrected chi connectivity index (χ3v) is 3.96. The van der Waals surface area contributed by atoms with E-state index in [-0.39, 0.29) is 17.7 Å². The minimum Gasteiger partial charge on any atom is -0.439 e. The minimum absolute atomic E-state index is 0.128. The summed E-state index contributed by atoms with van der Waals surface area (Å²) < 4.78 is 5.72. The number of anilines is 1. The Bertz CT molecular complexity index is 882. The Balaban J connectivity index is 2.21. The maximum Gasteiger partial charge on any atom is 0.223 e. The van der Waals surface area contributed by atoms with Crippen molar-refractivity contribution in [3.63, 3.8) is 0 Å². The van der Waals surface area contributed by atoms with Crippen LogP contribution in [0, 0.1) is 11.3 Å². The van der Waals surface area contributed by atoms with Gasteiger partial charge in [-0.2, -0.15) is 5.26 Å². The normalized spacial score (nSPS) is 16.0. The monoisotopic (exact) mass is 339 g/mol. The second kappa shape index (κ2) is 6.26. The van der Waals surface area contributed by atoms with E-state index in [9.17, 15) is 10.1 Å². The lowest BCUT2D eigenvalue weighted by atomic mass is 9.83. The van der Waals surface area contributed by atoms with Crippen LogP contribution in [0.1, 0.15) is 24.0 Å². The van der Waals surface area contributed by atoms with Crippen molar-refractivity contribution in [2.75, 3.05) is 5.73 Å². The zero-order valence-electron chi connectivity index (χ0n) is 12.8. The van der Waals surface area contributed by atoms with Crippen LogP contribution >= 0.6 is 11.6 Å². The molecule has 0 fully saturated rings. The van der Waals surface area contributed by atoms with Crippen molar-refractivity contribution in [1.29, 1.82) is 5.26 Å². The van der Waals surface area contributed by atoms with Crippen LogP contribution in [0.3, 0.4) is 0 Å². The number of rotatable bonds is 2. The molecule has 0 bridgehead atoms. The summed E-state index contributed by atoms with van der Waals surface area (Å²) in [7, 11) is 0. The van der Waals surface area contributed by atoms with E-state index >= 15 is 0 Å². The average Bonchev–Trinajstić information content (AvgIpc) is 2.53. The Labute approximate surface area is 144 Å². The van der Waals surface area contributed by atoms with Crippen LogP contribution in [0.4, 0.5) is 5.69 Å². The van der Waals surface area contributed by atoms with Crippen LogP contribution in [0.15, 0.2) is 53.9 Å². The molecule has 1 atom stereocenters. The Morgan fingerprint density at radius 3 is 2.62 bits per heavy atom. The summed E-state index contributed by atoms with van der Waals surface area (Å²) in [5.41, 5.74) is 8.36. The van der Waals surface area contributed by atoms with Gasteiger partial charge >= 0.3 is 0 Å². The third kappa shape index (κ3) is 2.92. The van der Waals surface area contributed by atoms with Crippen molar-refractivity contribution in [2.45, 2.75) is 12.8 Å². The molecule has 1 unspecified atom stereocenters. The number of allylic oxidation sites excluding steroid dienone is 1. The van der Waals surface area contributed by atoms with Crippen molar-refractivity contribution >= 4 is 23.2 Å². The van der Waals surface area contributed by atoms with Gasteiger partial charge in [0.15, 0.2) is 0 Å². The van der Waals surface area contributed by atoms with Gasteiger partial charge in [0.2, 0.25) is 11.8 Å². The highest BCUT2D eigenvalue weighted by molar-refractivity contribution is 6.30.